The van der Waals surface area contributed by atoms with Gasteiger partial charge >= 0.3 is 0 Å². The largest absolute Gasteiger partial charge is 0.377 e. The van der Waals surface area contributed by atoms with Gasteiger partial charge in [0.15, 0.2) is 5.54 Å². The number of nitrogens with zero attached hydrogens (tertiary/aromatic N) is 4. The molecule has 4 aromatic carbocycles. The van der Waals surface area contributed by atoms with Crippen LogP contribution in [0.5, 0.6) is 0 Å². The van der Waals surface area contributed by atoms with Crippen LogP contribution in [0.15, 0.2) is 115 Å². The minimum atomic E-state index is -0.884. The van der Waals surface area contributed by atoms with Crippen LogP contribution in [0.25, 0.3) is 17.0 Å². The molecule has 7 heteroatoms. The van der Waals surface area contributed by atoms with Crippen molar-refractivity contribution < 1.29 is 9.53 Å². The normalized spacial score (nSPS) is 18.5. The van der Waals surface area contributed by atoms with Crippen LogP contribution in [0.4, 0.5) is 5.69 Å². The van der Waals surface area contributed by atoms with Crippen molar-refractivity contribution in [2.24, 2.45) is 17.3 Å². The molecule has 1 N–H and O–H groups in total. The number of anilines is 1. The molecule has 2 aliphatic rings. The lowest BCUT2D eigenvalue weighted by Gasteiger charge is -2.36. The topological polar surface area (TPSA) is 81.9 Å². The molecule has 0 radical (unpaired) electrons. The van der Waals surface area contributed by atoms with Gasteiger partial charge in [-0.15, -0.1) is 15.0 Å². The first-order valence-electron chi connectivity index (χ1n) is 17.5. The van der Waals surface area contributed by atoms with E-state index in [9.17, 15) is 4.79 Å². The molecule has 1 aliphatic carbocycles. The second kappa shape index (κ2) is 13.9. The van der Waals surface area contributed by atoms with Crippen molar-refractivity contribution in [3.8, 4) is 11.4 Å². The summed E-state index contributed by atoms with van der Waals surface area (Å²) in [7, 11) is 0. The summed E-state index contributed by atoms with van der Waals surface area (Å²) >= 11 is 0. The van der Waals surface area contributed by atoms with Crippen LogP contribution < -0.4 is 5.32 Å². The van der Waals surface area contributed by atoms with E-state index >= 15 is 0 Å². The molecule has 250 valence electrons. The van der Waals surface area contributed by atoms with Crippen molar-refractivity contribution in [2.75, 3.05) is 18.5 Å². The fourth-order valence-corrected chi connectivity index (χ4v) is 7.67. The molecular weight excluding hydrogens is 606 g/mol. The van der Waals surface area contributed by atoms with Crippen LogP contribution in [0.1, 0.15) is 75.1 Å². The third-order valence-corrected chi connectivity index (χ3v) is 10.4. The van der Waals surface area contributed by atoms with E-state index < -0.39 is 5.54 Å². The number of benzene rings is 4. The highest BCUT2D eigenvalue weighted by molar-refractivity contribution is 5.94. The highest BCUT2D eigenvalue weighted by Crippen LogP contribution is 2.42. The van der Waals surface area contributed by atoms with E-state index in [1.54, 1.807) is 4.80 Å². The van der Waals surface area contributed by atoms with E-state index in [0.717, 1.165) is 65.6 Å². The van der Waals surface area contributed by atoms with Gasteiger partial charge in [0.1, 0.15) is 0 Å². The maximum atomic E-state index is 13.6. The molecule has 0 spiro atoms. The predicted octanol–water partition coefficient (Wildman–Crippen LogP) is 8.78. The summed E-state index contributed by atoms with van der Waals surface area (Å²) in [4.78, 5) is 15.3. The van der Waals surface area contributed by atoms with Crippen LogP contribution in [-0.2, 0) is 15.1 Å². The van der Waals surface area contributed by atoms with Crippen molar-refractivity contribution in [3.05, 3.63) is 138 Å². The zero-order chi connectivity index (χ0) is 33.8. The SMILES string of the molecule is CC(C)(C)C1CCC(C(=O)Nc2ccc(C3=CCOCC3)c(-c3nnn(C(c4ccccc4)(c4ccccc4)c4ccccc4)n3)c2)CC1. The number of hydrogen-bond acceptors (Lipinski definition) is 5. The predicted molar refractivity (Wildman–Crippen MR) is 195 cm³/mol. The lowest BCUT2D eigenvalue weighted by molar-refractivity contribution is -0.121. The standard InChI is InChI=1S/C42H45N5O2/c1-41(2,3)32-21-19-31(20-22-32)40(48)43-36-23-24-37(30-25-27-49-28-26-30)38(29-36)39-44-46-47(45-39)42(33-13-7-4-8-14-33,34-15-9-5-10-16-34)35-17-11-6-12-18-35/h4-18,23-25,29,31-32H,19-22,26-28H2,1-3H3,(H,43,48). The lowest BCUT2D eigenvalue weighted by atomic mass is 9.69. The Kier molecular flexibility index (Phi) is 9.28. The highest BCUT2D eigenvalue weighted by atomic mass is 16.5. The van der Waals surface area contributed by atoms with Crippen LogP contribution in [0, 0.1) is 17.3 Å². The van der Waals surface area contributed by atoms with Crippen molar-refractivity contribution in [1.82, 2.24) is 20.2 Å². The fraction of sp³-hybridized carbons (Fsp3) is 0.333. The molecule has 49 heavy (non-hydrogen) atoms. The van der Waals surface area contributed by atoms with E-state index in [2.05, 4.69) is 74.6 Å². The van der Waals surface area contributed by atoms with Crippen molar-refractivity contribution in [2.45, 2.75) is 58.4 Å². The van der Waals surface area contributed by atoms with E-state index in [1.165, 1.54) is 5.57 Å². The Balaban J connectivity index is 1.30. The quantitative estimate of drug-likeness (QED) is 0.170. The average Bonchev–Trinajstić information content (AvgIpc) is 3.64. The van der Waals surface area contributed by atoms with Gasteiger partial charge in [0.2, 0.25) is 11.7 Å². The summed E-state index contributed by atoms with van der Waals surface area (Å²) in [5.74, 6) is 1.25. The second-order valence-electron chi connectivity index (χ2n) is 14.4. The first-order valence-corrected chi connectivity index (χ1v) is 17.5. The molecule has 1 aromatic heterocycles. The zero-order valence-corrected chi connectivity index (χ0v) is 28.7. The summed E-state index contributed by atoms with van der Waals surface area (Å²) in [6.07, 6.45) is 6.92. The van der Waals surface area contributed by atoms with Crippen LogP contribution in [-0.4, -0.2) is 39.3 Å². The summed E-state index contributed by atoms with van der Waals surface area (Å²) < 4.78 is 5.65. The van der Waals surface area contributed by atoms with Gasteiger partial charge in [-0.2, -0.15) is 0 Å². The van der Waals surface area contributed by atoms with E-state index in [0.29, 0.717) is 25.0 Å². The third kappa shape index (κ3) is 6.60. The summed E-state index contributed by atoms with van der Waals surface area (Å²) in [5.41, 5.74) is 6.22. The monoisotopic (exact) mass is 651 g/mol. The van der Waals surface area contributed by atoms with Crippen molar-refractivity contribution in [3.63, 3.8) is 0 Å². The molecule has 2 heterocycles. The molecule has 1 aliphatic heterocycles. The van der Waals surface area contributed by atoms with Crippen molar-refractivity contribution in [1.29, 1.82) is 0 Å². The van der Waals surface area contributed by atoms with Crippen molar-refractivity contribution >= 4 is 17.2 Å². The summed E-state index contributed by atoms with van der Waals surface area (Å²) in [5, 5.41) is 18.0. The number of rotatable bonds is 8. The van der Waals surface area contributed by atoms with E-state index in [1.807, 2.05) is 66.7 Å². The van der Waals surface area contributed by atoms with Gasteiger partial charge < -0.3 is 10.1 Å². The molecule has 1 amide bonds. The maximum absolute atomic E-state index is 13.6. The Morgan fingerprint density at radius 1 is 0.776 bits per heavy atom. The Morgan fingerprint density at radius 2 is 1.37 bits per heavy atom. The van der Waals surface area contributed by atoms with Gasteiger partial charge in [-0.25, -0.2) is 0 Å². The lowest BCUT2D eigenvalue weighted by Crippen LogP contribution is -2.39. The average molecular weight is 652 g/mol. The Labute approximate surface area is 289 Å². The van der Waals surface area contributed by atoms with Gasteiger partial charge in [-0.1, -0.05) is 124 Å². The molecule has 1 saturated carbocycles. The van der Waals surface area contributed by atoms with Crippen LogP contribution >= 0.6 is 0 Å². The van der Waals surface area contributed by atoms with Gasteiger partial charge in [-0.3, -0.25) is 4.79 Å². The summed E-state index contributed by atoms with van der Waals surface area (Å²) in [6, 6.07) is 37.1. The van der Waals surface area contributed by atoms with Gasteiger partial charge in [0.05, 0.1) is 13.2 Å². The number of nitrogens with one attached hydrogen (secondary N) is 1. The number of hydrogen-bond donors (Lipinski definition) is 1. The minimum Gasteiger partial charge on any atom is -0.377 e. The minimum absolute atomic E-state index is 0.0159. The Morgan fingerprint density at radius 3 is 1.90 bits per heavy atom. The fourth-order valence-electron chi connectivity index (χ4n) is 7.67. The van der Waals surface area contributed by atoms with E-state index in [-0.39, 0.29) is 17.2 Å². The maximum Gasteiger partial charge on any atom is 0.227 e. The highest BCUT2D eigenvalue weighted by Gasteiger charge is 2.41. The molecule has 1 fully saturated rings. The number of amides is 1. The number of tetrazole rings is 1. The first kappa shape index (κ1) is 32.7. The number of carbonyl (C=O) groups is 1. The van der Waals surface area contributed by atoms with Crippen LogP contribution in [0.3, 0.4) is 0 Å². The van der Waals surface area contributed by atoms with Crippen LogP contribution in [0.2, 0.25) is 0 Å². The number of carbonyl (C=O) groups excluding carboxylic acids is 1. The molecule has 0 saturated heterocycles. The number of aromatic nitrogens is 4. The molecule has 5 aromatic rings. The summed E-state index contributed by atoms with van der Waals surface area (Å²) in [6.45, 7) is 8.14. The Bertz CT molecular complexity index is 1810. The van der Waals surface area contributed by atoms with Gasteiger partial charge in [0.25, 0.3) is 0 Å². The molecule has 0 bridgehead atoms. The molecule has 0 unspecified atom stereocenters. The first-order chi connectivity index (χ1) is 23.8. The Hall–Kier alpha value is -4.88. The third-order valence-electron chi connectivity index (χ3n) is 10.4. The van der Waals surface area contributed by atoms with Gasteiger partial charge in [0, 0.05) is 17.2 Å². The zero-order valence-electron chi connectivity index (χ0n) is 28.7. The molecular formula is C42H45N5O2. The van der Waals surface area contributed by atoms with E-state index in [4.69, 9.17) is 20.1 Å². The molecule has 0 atom stereocenters. The molecule has 7 nitrogen and oxygen atoms in total. The van der Waals surface area contributed by atoms with Gasteiger partial charge in [-0.05, 0) is 88.6 Å². The second-order valence-corrected chi connectivity index (χ2v) is 14.4. The number of ether oxygens (including phenoxy) is 1. The smallest absolute Gasteiger partial charge is 0.227 e. The molecule has 7 rings (SSSR count).